The number of fused-ring (bicyclic) bond motifs is 1. The molecule has 2 fully saturated rings. The second kappa shape index (κ2) is 9.44. The van der Waals surface area contributed by atoms with E-state index in [0.717, 1.165) is 55.5 Å². The molecule has 3 heterocycles. The van der Waals surface area contributed by atoms with Crippen molar-refractivity contribution >= 4 is 17.6 Å². The predicted molar refractivity (Wildman–Crippen MR) is 148 cm³/mol. The minimum atomic E-state index is 0.00857. The first-order valence-corrected chi connectivity index (χ1v) is 13.7. The van der Waals surface area contributed by atoms with Crippen LogP contribution >= 0.6 is 0 Å². The standard InChI is InChI=1S/C31H38N4O/c1-4-23-7-6-8-25(17-23)29-19-33-35-20-26(18-32-30(29)35)24-10-13-28(14-11-24)36-31(15-16-31)21-34-22(3)9-12-27(34)5-2/h6-8,10-11,13-14,17,19-20,22,27,32H,4-5,9,12,15-16,18,21H2,1-3H3. The van der Waals surface area contributed by atoms with Crippen molar-refractivity contribution < 1.29 is 4.74 Å². The van der Waals surface area contributed by atoms with Crippen LogP contribution in [0.5, 0.6) is 5.75 Å². The molecule has 3 aromatic rings. The van der Waals surface area contributed by atoms with Crippen LogP contribution in [0.2, 0.25) is 0 Å². The fraction of sp³-hybridized carbons (Fsp3) is 0.452. The monoisotopic (exact) mass is 482 g/mol. The summed E-state index contributed by atoms with van der Waals surface area (Å²) in [5.41, 5.74) is 6.14. The Morgan fingerprint density at radius 2 is 1.89 bits per heavy atom. The van der Waals surface area contributed by atoms with E-state index in [0.29, 0.717) is 6.04 Å². The molecule has 1 N–H and O–H groups in total. The Hall–Kier alpha value is -3.05. The second-order valence-electron chi connectivity index (χ2n) is 10.9. The lowest BCUT2D eigenvalue weighted by atomic mass is 10.0. The maximum atomic E-state index is 6.59. The van der Waals surface area contributed by atoms with Crippen LogP contribution < -0.4 is 10.1 Å². The quantitative estimate of drug-likeness (QED) is 0.387. The zero-order chi connectivity index (χ0) is 24.7. The van der Waals surface area contributed by atoms with Crippen molar-refractivity contribution in [2.75, 3.05) is 18.4 Å². The smallest absolute Gasteiger partial charge is 0.137 e. The van der Waals surface area contributed by atoms with Gasteiger partial charge >= 0.3 is 0 Å². The van der Waals surface area contributed by atoms with Crippen LogP contribution in [0, 0.1) is 0 Å². The number of hydrogen-bond acceptors (Lipinski definition) is 4. The summed E-state index contributed by atoms with van der Waals surface area (Å²) in [6.07, 6.45) is 11.4. The second-order valence-corrected chi connectivity index (χ2v) is 10.9. The highest BCUT2D eigenvalue weighted by Crippen LogP contribution is 2.43. The molecule has 188 valence electrons. The van der Waals surface area contributed by atoms with E-state index in [4.69, 9.17) is 4.74 Å². The Balaban J connectivity index is 1.15. The van der Waals surface area contributed by atoms with Gasteiger partial charge in [-0.3, -0.25) is 4.90 Å². The number of nitrogens with one attached hydrogen (secondary N) is 1. The van der Waals surface area contributed by atoms with Gasteiger partial charge in [-0.2, -0.15) is 5.10 Å². The highest BCUT2D eigenvalue weighted by atomic mass is 16.5. The molecular weight excluding hydrogens is 444 g/mol. The van der Waals surface area contributed by atoms with Gasteiger partial charge in [0.2, 0.25) is 0 Å². The van der Waals surface area contributed by atoms with Crippen LogP contribution in [0.25, 0.3) is 22.9 Å². The molecular formula is C31H38N4O. The van der Waals surface area contributed by atoms with Crippen LogP contribution in [0.4, 0.5) is 5.82 Å². The Kier molecular flexibility index (Phi) is 6.12. The van der Waals surface area contributed by atoms with Gasteiger partial charge in [-0.1, -0.05) is 50.2 Å². The van der Waals surface area contributed by atoms with Gasteiger partial charge in [0.1, 0.15) is 17.2 Å². The summed E-state index contributed by atoms with van der Waals surface area (Å²) < 4.78 is 8.56. The van der Waals surface area contributed by atoms with Gasteiger partial charge in [0, 0.05) is 36.9 Å². The van der Waals surface area contributed by atoms with Crippen LogP contribution in [0.1, 0.15) is 64.0 Å². The maximum Gasteiger partial charge on any atom is 0.137 e. The van der Waals surface area contributed by atoms with E-state index in [9.17, 15) is 0 Å². The molecule has 2 unspecified atom stereocenters. The Morgan fingerprint density at radius 3 is 2.64 bits per heavy atom. The lowest BCUT2D eigenvalue weighted by molar-refractivity contribution is 0.0857. The van der Waals surface area contributed by atoms with Crippen molar-refractivity contribution in [3.8, 4) is 16.9 Å². The maximum absolute atomic E-state index is 6.59. The molecule has 1 aliphatic carbocycles. The van der Waals surface area contributed by atoms with E-state index < -0.39 is 0 Å². The molecule has 0 amide bonds. The predicted octanol–water partition coefficient (Wildman–Crippen LogP) is 6.71. The molecule has 2 aliphatic heterocycles. The Labute approximate surface area is 215 Å². The number of benzene rings is 2. The van der Waals surface area contributed by atoms with Gasteiger partial charge < -0.3 is 10.1 Å². The van der Waals surface area contributed by atoms with Crippen molar-refractivity contribution in [3.05, 3.63) is 65.9 Å². The zero-order valence-electron chi connectivity index (χ0n) is 21.8. The van der Waals surface area contributed by atoms with E-state index in [1.807, 2.05) is 10.9 Å². The van der Waals surface area contributed by atoms with E-state index >= 15 is 0 Å². The third kappa shape index (κ3) is 4.45. The lowest BCUT2D eigenvalue weighted by Crippen LogP contribution is -2.43. The van der Waals surface area contributed by atoms with E-state index in [1.165, 1.54) is 41.5 Å². The van der Waals surface area contributed by atoms with Gasteiger partial charge in [0.25, 0.3) is 0 Å². The molecule has 5 nitrogen and oxygen atoms in total. The van der Waals surface area contributed by atoms with Gasteiger partial charge in [-0.25, -0.2) is 4.68 Å². The zero-order valence-corrected chi connectivity index (χ0v) is 21.8. The highest BCUT2D eigenvalue weighted by molar-refractivity contribution is 5.86. The van der Waals surface area contributed by atoms with Gasteiger partial charge in [0.05, 0.1) is 6.20 Å². The number of ether oxygens (including phenoxy) is 1. The number of nitrogens with zero attached hydrogens (tertiary/aromatic N) is 3. The molecule has 0 spiro atoms. The van der Waals surface area contributed by atoms with Gasteiger partial charge in [-0.15, -0.1) is 0 Å². The molecule has 1 saturated carbocycles. The van der Waals surface area contributed by atoms with Gasteiger partial charge in [-0.05, 0) is 79.8 Å². The highest BCUT2D eigenvalue weighted by Gasteiger charge is 2.49. The summed E-state index contributed by atoms with van der Waals surface area (Å²) in [4.78, 5) is 2.70. The van der Waals surface area contributed by atoms with Crippen molar-refractivity contribution in [2.45, 2.75) is 77.0 Å². The molecule has 5 heteroatoms. The summed E-state index contributed by atoms with van der Waals surface area (Å²) >= 11 is 0. The lowest BCUT2D eigenvalue weighted by Gasteiger charge is -2.32. The van der Waals surface area contributed by atoms with E-state index in [2.05, 4.69) is 90.8 Å². The summed E-state index contributed by atoms with van der Waals surface area (Å²) in [6, 6.07) is 18.8. The summed E-state index contributed by atoms with van der Waals surface area (Å²) in [6.45, 7) is 8.73. The van der Waals surface area contributed by atoms with Crippen molar-refractivity contribution in [2.24, 2.45) is 0 Å². The molecule has 2 aromatic carbocycles. The Morgan fingerprint density at radius 1 is 1.06 bits per heavy atom. The number of anilines is 1. The van der Waals surface area contributed by atoms with Crippen LogP contribution in [0.3, 0.4) is 0 Å². The molecule has 0 bridgehead atoms. The summed E-state index contributed by atoms with van der Waals surface area (Å²) in [5.74, 6) is 2.04. The molecule has 1 aromatic heterocycles. The van der Waals surface area contributed by atoms with Crippen molar-refractivity contribution in [3.63, 3.8) is 0 Å². The minimum Gasteiger partial charge on any atom is -0.486 e. The normalized spacial score (nSPS) is 22.6. The molecule has 36 heavy (non-hydrogen) atoms. The third-order valence-corrected chi connectivity index (χ3v) is 8.43. The molecule has 6 rings (SSSR count). The number of likely N-dealkylation sites (tertiary alicyclic amines) is 1. The fourth-order valence-corrected chi connectivity index (χ4v) is 5.96. The van der Waals surface area contributed by atoms with Crippen LogP contribution in [-0.4, -0.2) is 45.5 Å². The van der Waals surface area contributed by atoms with Crippen molar-refractivity contribution in [1.82, 2.24) is 14.7 Å². The average Bonchev–Trinajstić information content (AvgIpc) is 3.38. The van der Waals surface area contributed by atoms with Crippen LogP contribution in [0.15, 0.2) is 54.7 Å². The summed E-state index contributed by atoms with van der Waals surface area (Å²) in [5, 5.41) is 8.26. The molecule has 2 atom stereocenters. The van der Waals surface area contributed by atoms with Gasteiger partial charge in [0.15, 0.2) is 0 Å². The number of hydrogen-bond donors (Lipinski definition) is 1. The SMILES string of the molecule is CCc1cccc(-c2cnn3c2NCC(c2ccc(OC4(CN5C(C)CCC5CC)CC4)cc2)=C3)c1. The van der Waals surface area contributed by atoms with E-state index in [-0.39, 0.29) is 5.60 Å². The largest absolute Gasteiger partial charge is 0.486 e. The Bertz CT molecular complexity index is 1250. The molecule has 1 saturated heterocycles. The number of aryl methyl sites for hydroxylation is 1. The topological polar surface area (TPSA) is 42.3 Å². The van der Waals surface area contributed by atoms with E-state index in [1.54, 1.807) is 0 Å². The van der Waals surface area contributed by atoms with Crippen molar-refractivity contribution in [1.29, 1.82) is 0 Å². The van der Waals surface area contributed by atoms with Crippen LogP contribution in [-0.2, 0) is 6.42 Å². The molecule has 3 aliphatic rings. The number of rotatable bonds is 8. The fourth-order valence-electron chi connectivity index (χ4n) is 5.96. The number of aromatic nitrogens is 2. The summed E-state index contributed by atoms with van der Waals surface area (Å²) in [7, 11) is 0. The third-order valence-electron chi connectivity index (χ3n) is 8.43. The minimum absolute atomic E-state index is 0.00857. The first-order chi connectivity index (χ1) is 17.6. The first-order valence-electron chi connectivity index (χ1n) is 13.7. The molecule has 0 radical (unpaired) electrons. The average molecular weight is 483 g/mol. The first kappa shape index (κ1) is 23.4.